The first-order valence-corrected chi connectivity index (χ1v) is 8.46. The van der Waals surface area contributed by atoms with E-state index in [1.54, 1.807) is 11.8 Å². The summed E-state index contributed by atoms with van der Waals surface area (Å²) in [6.07, 6.45) is 3.41. The lowest BCUT2D eigenvalue weighted by Crippen LogP contribution is -2.43. The number of piperidine rings is 1. The van der Waals surface area contributed by atoms with Crippen LogP contribution in [0, 0.1) is 11.8 Å². The largest absolute Gasteiger partial charge is 0.329 e. The first kappa shape index (κ1) is 14.9. The van der Waals surface area contributed by atoms with Crippen LogP contribution in [0.15, 0.2) is 29.2 Å². The van der Waals surface area contributed by atoms with Gasteiger partial charge in [-0.25, -0.2) is 0 Å². The van der Waals surface area contributed by atoms with E-state index in [1.807, 2.05) is 0 Å². The second-order valence-corrected chi connectivity index (χ2v) is 6.64. The Morgan fingerprint density at radius 3 is 2.47 bits per heavy atom. The highest BCUT2D eigenvalue weighted by atomic mass is 32.2. The molecule has 0 aromatic heterocycles. The summed E-state index contributed by atoms with van der Waals surface area (Å²) >= 11 is 1.79. The third-order valence-electron chi connectivity index (χ3n) is 4.53. The van der Waals surface area contributed by atoms with E-state index in [9.17, 15) is 0 Å². The van der Waals surface area contributed by atoms with E-state index < -0.39 is 0 Å². The van der Waals surface area contributed by atoms with E-state index in [0.29, 0.717) is 12.6 Å². The van der Waals surface area contributed by atoms with E-state index in [0.717, 1.165) is 11.8 Å². The molecule has 0 bridgehead atoms. The molecular weight excluding hydrogens is 252 g/mol. The Kier molecular flexibility index (Phi) is 5.31. The lowest BCUT2D eigenvalue weighted by molar-refractivity contribution is 0.0983. The predicted octanol–water partition coefficient (Wildman–Crippen LogP) is 3.39. The van der Waals surface area contributed by atoms with Gasteiger partial charge in [0.1, 0.15) is 0 Å². The van der Waals surface area contributed by atoms with E-state index in [-0.39, 0.29) is 0 Å². The van der Waals surface area contributed by atoms with Crippen molar-refractivity contribution in [1.29, 1.82) is 0 Å². The number of benzene rings is 1. The van der Waals surface area contributed by atoms with E-state index in [1.165, 1.54) is 30.0 Å². The van der Waals surface area contributed by atoms with Crippen molar-refractivity contribution < 1.29 is 0 Å². The molecule has 3 unspecified atom stereocenters. The Morgan fingerprint density at radius 1 is 1.26 bits per heavy atom. The van der Waals surface area contributed by atoms with Crippen molar-refractivity contribution in [3.63, 3.8) is 0 Å². The van der Waals surface area contributed by atoms with Crippen LogP contribution < -0.4 is 5.73 Å². The predicted molar refractivity (Wildman–Crippen MR) is 84.5 cm³/mol. The highest BCUT2D eigenvalue weighted by molar-refractivity contribution is 7.98. The Bertz CT molecular complexity index is 390. The summed E-state index contributed by atoms with van der Waals surface area (Å²) in [5, 5.41) is 0. The molecule has 0 aliphatic carbocycles. The fourth-order valence-corrected chi connectivity index (χ4v) is 3.31. The van der Waals surface area contributed by atoms with Gasteiger partial charge in [0.2, 0.25) is 0 Å². The third-order valence-corrected chi connectivity index (χ3v) is 5.27. The van der Waals surface area contributed by atoms with Gasteiger partial charge in [0.15, 0.2) is 0 Å². The zero-order valence-corrected chi connectivity index (χ0v) is 13.1. The maximum absolute atomic E-state index is 6.04. The van der Waals surface area contributed by atoms with Crippen molar-refractivity contribution in [3.8, 4) is 0 Å². The normalized spacial score (nSPS) is 26.3. The lowest BCUT2D eigenvalue weighted by Gasteiger charge is -2.40. The van der Waals surface area contributed by atoms with Crippen LogP contribution in [0.4, 0.5) is 0 Å². The summed E-state index contributed by atoms with van der Waals surface area (Å²) in [6.45, 7) is 7.79. The zero-order chi connectivity index (χ0) is 13.8. The molecule has 0 radical (unpaired) electrons. The fourth-order valence-electron chi connectivity index (χ4n) is 2.90. The SMILES string of the molecule is CSc1ccc(C(CN)N2CCC(C)C(C)C2)cc1. The number of rotatable bonds is 4. The van der Waals surface area contributed by atoms with Crippen LogP contribution in [-0.4, -0.2) is 30.8 Å². The molecule has 1 aliphatic rings. The summed E-state index contributed by atoms with van der Waals surface area (Å²) in [4.78, 5) is 3.89. The molecule has 3 heteroatoms. The van der Waals surface area contributed by atoms with Gasteiger partial charge in [-0.1, -0.05) is 26.0 Å². The van der Waals surface area contributed by atoms with Gasteiger partial charge in [-0.3, -0.25) is 4.90 Å². The molecule has 0 spiro atoms. The van der Waals surface area contributed by atoms with Gasteiger partial charge in [0.05, 0.1) is 0 Å². The van der Waals surface area contributed by atoms with Crippen molar-refractivity contribution in [1.82, 2.24) is 4.90 Å². The van der Waals surface area contributed by atoms with Crippen LogP contribution in [0.2, 0.25) is 0 Å². The minimum atomic E-state index is 0.380. The van der Waals surface area contributed by atoms with Crippen LogP contribution in [0.25, 0.3) is 0 Å². The number of likely N-dealkylation sites (tertiary alicyclic amines) is 1. The van der Waals surface area contributed by atoms with Gasteiger partial charge in [0, 0.05) is 24.0 Å². The van der Waals surface area contributed by atoms with Crippen molar-refractivity contribution in [3.05, 3.63) is 29.8 Å². The van der Waals surface area contributed by atoms with Crippen LogP contribution in [0.3, 0.4) is 0 Å². The Hall–Kier alpha value is -0.510. The molecule has 1 aromatic carbocycles. The summed E-state index contributed by atoms with van der Waals surface area (Å²) in [5.41, 5.74) is 7.40. The van der Waals surface area contributed by atoms with Crippen molar-refractivity contribution in [2.24, 2.45) is 17.6 Å². The second-order valence-electron chi connectivity index (χ2n) is 5.76. The first-order chi connectivity index (χ1) is 9.15. The Morgan fingerprint density at radius 2 is 1.95 bits per heavy atom. The highest BCUT2D eigenvalue weighted by Gasteiger charge is 2.27. The summed E-state index contributed by atoms with van der Waals surface area (Å²) < 4.78 is 0. The molecular formula is C16H26N2S. The maximum atomic E-state index is 6.04. The van der Waals surface area contributed by atoms with Crippen LogP contribution in [0.5, 0.6) is 0 Å². The molecule has 1 aliphatic heterocycles. The summed E-state index contributed by atoms with van der Waals surface area (Å²) in [5.74, 6) is 1.61. The second kappa shape index (κ2) is 6.78. The first-order valence-electron chi connectivity index (χ1n) is 7.23. The molecule has 0 saturated carbocycles. The number of nitrogens with zero attached hydrogens (tertiary/aromatic N) is 1. The molecule has 0 amide bonds. The van der Waals surface area contributed by atoms with Gasteiger partial charge >= 0.3 is 0 Å². The molecule has 106 valence electrons. The molecule has 2 nitrogen and oxygen atoms in total. The molecule has 1 aromatic rings. The molecule has 1 saturated heterocycles. The standard InChI is InChI=1S/C16H26N2S/c1-12-8-9-18(11-13(12)2)16(10-17)14-4-6-15(19-3)7-5-14/h4-7,12-13,16H,8-11,17H2,1-3H3. The lowest BCUT2D eigenvalue weighted by atomic mass is 9.87. The molecule has 19 heavy (non-hydrogen) atoms. The minimum absolute atomic E-state index is 0.380. The average Bonchev–Trinajstić information content (AvgIpc) is 2.44. The van der Waals surface area contributed by atoms with Gasteiger partial charge in [-0.05, 0) is 48.8 Å². The van der Waals surface area contributed by atoms with E-state index >= 15 is 0 Å². The Balaban J connectivity index is 2.10. The molecule has 1 fully saturated rings. The topological polar surface area (TPSA) is 29.3 Å². The molecule has 3 atom stereocenters. The monoisotopic (exact) mass is 278 g/mol. The van der Waals surface area contributed by atoms with Crippen molar-refractivity contribution in [2.45, 2.75) is 31.2 Å². The number of nitrogens with two attached hydrogens (primary N) is 1. The minimum Gasteiger partial charge on any atom is -0.329 e. The van der Waals surface area contributed by atoms with Crippen molar-refractivity contribution >= 4 is 11.8 Å². The number of thioether (sulfide) groups is 1. The summed E-state index contributed by atoms with van der Waals surface area (Å²) in [7, 11) is 0. The quantitative estimate of drug-likeness (QED) is 0.856. The van der Waals surface area contributed by atoms with Crippen LogP contribution >= 0.6 is 11.8 Å². The number of hydrogen-bond donors (Lipinski definition) is 1. The molecule has 2 N–H and O–H groups in total. The smallest absolute Gasteiger partial charge is 0.0470 e. The van der Waals surface area contributed by atoms with Crippen LogP contribution in [-0.2, 0) is 0 Å². The van der Waals surface area contributed by atoms with Gasteiger partial charge < -0.3 is 5.73 Å². The average molecular weight is 278 g/mol. The van der Waals surface area contributed by atoms with Crippen molar-refractivity contribution in [2.75, 3.05) is 25.9 Å². The third kappa shape index (κ3) is 3.53. The van der Waals surface area contributed by atoms with Crippen LogP contribution in [0.1, 0.15) is 31.9 Å². The van der Waals surface area contributed by atoms with Gasteiger partial charge in [0.25, 0.3) is 0 Å². The zero-order valence-electron chi connectivity index (χ0n) is 12.3. The highest BCUT2D eigenvalue weighted by Crippen LogP contribution is 2.30. The maximum Gasteiger partial charge on any atom is 0.0470 e. The summed E-state index contributed by atoms with van der Waals surface area (Å²) in [6, 6.07) is 9.28. The van der Waals surface area contributed by atoms with Gasteiger partial charge in [-0.2, -0.15) is 0 Å². The van der Waals surface area contributed by atoms with E-state index in [2.05, 4.69) is 49.3 Å². The fraction of sp³-hybridized carbons (Fsp3) is 0.625. The Labute approximate surface area is 121 Å². The van der Waals surface area contributed by atoms with E-state index in [4.69, 9.17) is 5.73 Å². The number of hydrogen-bond acceptors (Lipinski definition) is 3. The molecule has 1 heterocycles. The van der Waals surface area contributed by atoms with Gasteiger partial charge in [-0.15, -0.1) is 11.8 Å². The molecule has 2 rings (SSSR count).